The zero-order chi connectivity index (χ0) is 17.9. The Morgan fingerprint density at radius 2 is 2.04 bits per heavy atom. The average molecular weight is 365 g/mol. The Labute approximate surface area is 154 Å². The van der Waals surface area contributed by atoms with Crippen LogP contribution in [-0.2, 0) is 4.79 Å². The molecule has 3 aromatic rings. The lowest BCUT2D eigenvalue weighted by molar-refractivity contribution is -0.111. The number of anilines is 1. The molecule has 0 unspecified atom stereocenters. The van der Waals surface area contributed by atoms with Gasteiger partial charge in [-0.2, -0.15) is 0 Å². The van der Waals surface area contributed by atoms with Crippen LogP contribution in [0.3, 0.4) is 0 Å². The lowest BCUT2D eigenvalue weighted by Gasteiger charge is -1.98. The van der Waals surface area contributed by atoms with Crippen molar-refractivity contribution in [2.75, 3.05) is 12.1 Å². The first kappa shape index (κ1) is 16.3. The number of nitrogens with one attached hydrogen (secondary N) is 1. The number of amides is 1. The standard InChI is InChI=1S/C19H15N3O3S/c1-12-3-2-4-14(9-12)18-21-22-19(26-18)20-17(23)8-6-13-5-7-15-16(10-13)25-11-24-15/h2-10H,11H2,1H3,(H,20,22,23). The molecule has 0 radical (unpaired) electrons. The van der Waals surface area contributed by atoms with Gasteiger partial charge in [-0.25, -0.2) is 0 Å². The summed E-state index contributed by atoms with van der Waals surface area (Å²) in [7, 11) is 0. The van der Waals surface area contributed by atoms with Crippen LogP contribution in [0.4, 0.5) is 5.13 Å². The third-order valence-electron chi connectivity index (χ3n) is 3.74. The lowest BCUT2D eigenvalue weighted by atomic mass is 10.1. The number of carbonyl (C=O) groups is 1. The predicted octanol–water partition coefficient (Wildman–Crippen LogP) is 3.89. The molecular weight excluding hydrogens is 350 g/mol. The fourth-order valence-corrected chi connectivity index (χ4v) is 3.25. The predicted molar refractivity (Wildman–Crippen MR) is 100 cm³/mol. The molecule has 1 aromatic heterocycles. The first-order valence-electron chi connectivity index (χ1n) is 7.97. The third kappa shape index (κ3) is 3.57. The number of nitrogens with zero attached hydrogens (tertiary/aromatic N) is 2. The number of aryl methyl sites for hydroxylation is 1. The number of benzene rings is 2. The van der Waals surface area contributed by atoms with E-state index in [0.717, 1.165) is 21.7 Å². The summed E-state index contributed by atoms with van der Waals surface area (Å²) in [6.07, 6.45) is 3.16. The average Bonchev–Trinajstić information content (AvgIpc) is 3.28. The Hall–Kier alpha value is -3.19. The maximum Gasteiger partial charge on any atom is 0.250 e. The second-order valence-corrected chi connectivity index (χ2v) is 6.69. The molecule has 1 aliphatic rings. The molecule has 26 heavy (non-hydrogen) atoms. The molecule has 4 rings (SSSR count). The fraction of sp³-hybridized carbons (Fsp3) is 0.105. The summed E-state index contributed by atoms with van der Waals surface area (Å²) in [5, 5.41) is 12.1. The van der Waals surface area contributed by atoms with Gasteiger partial charge in [0.1, 0.15) is 5.01 Å². The maximum absolute atomic E-state index is 12.1. The first-order chi connectivity index (χ1) is 12.7. The molecule has 2 aromatic carbocycles. The highest BCUT2D eigenvalue weighted by Crippen LogP contribution is 2.32. The zero-order valence-corrected chi connectivity index (χ0v) is 14.7. The van der Waals surface area contributed by atoms with Crippen LogP contribution in [0.5, 0.6) is 11.5 Å². The third-order valence-corrected chi connectivity index (χ3v) is 4.63. The van der Waals surface area contributed by atoms with E-state index < -0.39 is 0 Å². The van der Waals surface area contributed by atoms with E-state index in [-0.39, 0.29) is 12.7 Å². The molecule has 0 saturated heterocycles. The van der Waals surface area contributed by atoms with Crippen molar-refractivity contribution in [1.82, 2.24) is 10.2 Å². The summed E-state index contributed by atoms with van der Waals surface area (Å²) in [6.45, 7) is 2.25. The van der Waals surface area contributed by atoms with Gasteiger partial charge in [0.05, 0.1) is 0 Å². The highest BCUT2D eigenvalue weighted by atomic mass is 32.1. The summed E-state index contributed by atoms with van der Waals surface area (Å²) in [4.78, 5) is 12.1. The van der Waals surface area contributed by atoms with Crippen LogP contribution < -0.4 is 14.8 Å². The van der Waals surface area contributed by atoms with Gasteiger partial charge in [0, 0.05) is 11.6 Å². The van der Waals surface area contributed by atoms with Crippen LogP contribution in [0, 0.1) is 6.92 Å². The quantitative estimate of drug-likeness (QED) is 0.710. The minimum Gasteiger partial charge on any atom is -0.454 e. The molecule has 0 aliphatic carbocycles. The van der Waals surface area contributed by atoms with Crippen molar-refractivity contribution in [1.29, 1.82) is 0 Å². The second-order valence-electron chi connectivity index (χ2n) is 5.72. The molecule has 1 amide bonds. The highest BCUT2D eigenvalue weighted by molar-refractivity contribution is 7.18. The minimum atomic E-state index is -0.269. The Bertz CT molecular complexity index is 997. The second kappa shape index (κ2) is 6.97. The van der Waals surface area contributed by atoms with E-state index >= 15 is 0 Å². The van der Waals surface area contributed by atoms with Gasteiger partial charge in [-0.1, -0.05) is 41.2 Å². The summed E-state index contributed by atoms with van der Waals surface area (Å²) in [6, 6.07) is 13.5. The molecule has 6 nitrogen and oxygen atoms in total. The van der Waals surface area contributed by atoms with E-state index in [9.17, 15) is 4.79 Å². The molecular formula is C19H15N3O3S. The molecule has 0 saturated carbocycles. The molecule has 1 N–H and O–H groups in total. The van der Waals surface area contributed by atoms with E-state index in [1.807, 2.05) is 49.4 Å². The number of carbonyl (C=O) groups excluding carboxylic acids is 1. The lowest BCUT2D eigenvalue weighted by Crippen LogP contribution is -2.07. The van der Waals surface area contributed by atoms with E-state index in [4.69, 9.17) is 9.47 Å². The van der Waals surface area contributed by atoms with Crippen molar-refractivity contribution in [2.24, 2.45) is 0 Å². The molecule has 2 heterocycles. The van der Waals surface area contributed by atoms with E-state index in [2.05, 4.69) is 15.5 Å². The van der Waals surface area contributed by atoms with Crippen molar-refractivity contribution < 1.29 is 14.3 Å². The van der Waals surface area contributed by atoms with Crippen LogP contribution in [0.1, 0.15) is 11.1 Å². The van der Waals surface area contributed by atoms with Gasteiger partial charge in [-0.15, -0.1) is 10.2 Å². The van der Waals surface area contributed by atoms with Crippen molar-refractivity contribution in [2.45, 2.75) is 6.92 Å². The molecule has 0 fully saturated rings. The number of hydrogen-bond donors (Lipinski definition) is 1. The molecule has 0 spiro atoms. The summed E-state index contributed by atoms with van der Waals surface area (Å²) < 4.78 is 10.6. The number of aromatic nitrogens is 2. The highest BCUT2D eigenvalue weighted by Gasteiger charge is 2.12. The fourth-order valence-electron chi connectivity index (χ4n) is 2.50. The van der Waals surface area contributed by atoms with Crippen LogP contribution in [0.25, 0.3) is 16.6 Å². The summed E-state index contributed by atoms with van der Waals surface area (Å²) in [5.74, 6) is 1.12. The largest absolute Gasteiger partial charge is 0.454 e. The smallest absolute Gasteiger partial charge is 0.250 e. The van der Waals surface area contributed by atoms with Gasteiger partial charge in [0.25, 0.3) is 0 Å². The molecule has 130 valence electrons. The zero-order valence-electron chi connectivity index (χ0n) is 13.9. The number of rotatable bonds is 4. The summed E-state index contributed by atoms with van der Waals surface area (Å²) in [5.41, 5.74) is 2.98. The Kier molecular flexibility index (Phi) is 4.37. The van der Waals surface area contributed by atoms with Crippen molar-refractivity contribution in [3.8, 4) is 22.1 Å². The number of hydrogen-bond acceptors (Lipinski definition) is 6. The SMILES string of the molecule is Cc1cccc(-c2nnc(NC(=O)C=Cc3ccc4c(c3)OCO4)s2)c1. The normalized spacial score (nSPS) is 12.5. The molecule has 0 bridgehead atoms. The monoisotopic (exact) mass is 365 g/mol. The molecule has 0 atom stereocenters. The number of ether oxygens (including phenoxy) is 2. The van der Waals surface area contributed by atoms with Crippen LogP contribution in [0.15, 0.2) is 48.5 Å². The topological polar surface area (TPSA) is 73.3 Å². The molecule has 1 aliphatic heterocycles. The first-order valence-corrected chi connectivity index (χ1v) is 8.78. The van der Waals surface area contributed by atoms with Gasteiger partial charge < -0.3 is 9.47 Å². The van der Waals surface area contributed by atoms with Gasteiger partial charge in [-0.05, 0) is 36.8 Å². The summed E-state index contributed by atoms with van der Waals surface area (Å²) >= 11 is 1.34. The van der Waals surface area contributed by atoms with E-state index in [1.165, 1.54) is 17.4 Å². The Morgan fingerprint density at radius 3 is 2.92 bits per heavy atom. The van der Waals surface area contributed by atoms with Crippen molar-refractivity contribution in [3.63, 3.8) is 0 Å². The Balaban J connectivity index is 1.42. The van der Waals surface area contributed by atoms with Crippen LogP contribution in [-0.4, -0.2) is 22.9 Å². The number of fused-ring (bicyclic) bond motifs is 1. The van der Waals surface area contributed by atoms with Crippen LogP contribution >= 0.6 is 11.3 Å². The van der Waals surface area contributed by atoms with Crippen LogP contribution in [0.2, 0.25) is 0 Å². The van der Waals surface area contributed by atoms with Gasteiger partial charge in [0.2, 0.25) is 17.8 Å². The minimum absolute atomic E-state index is 0.226. The maximum atomic E-state index is 12.1. The molecule has 7 heteroatoms. The Morgan fingerprint density at radius 1 is 1.15 bits per heavy atom. The van der Waals surface area contributed by atoms with Crippen molar-refractivity contribution in [3.05, 3.63) is 59.7 Å². The van der Waals surface area contributed by atoms with Gasteiger partial charge in [-0.3, -0.25) is 10.1 Å². The van der Waals surface area contributed by atoms with E-state index in [0.29, 0.717) is 16.6 Å². The van der Waals surface area contributed by atoms with Crippen molar-refractivity contribution >= 4 is 28.5 Å². The van der Waals surface area contributed by atoms with Gasteiger partial charge in [0.15, 0.2) is 11.5 Å². The van der Waals surface area contributed by atoms with E-state index in [1.54, 1.807) is 6.08 Å². The van der Waals surface area contributed by atoms with Gasteiger partial charge >= 0.3 is 0 Å².